The van der Waals surface area contributed by atoms with Gasteiger partial charge in [-0.05, 0) is 31.0 Å². The summed E-state index contributed by atoms with van der Waals surface area (Å²) in [6.45, 7) is 4.93. The summed E-state index contributed by atoms with van der Waals surface area (Å²) in [6.07, 6.45) is -0.885. The molecule has 0 aliphatic heterocycles. The van der Waals surface area contributed by atoms with Crippen LogP contribution in [0.4, 0.5) is 0 Å². The van der Waals surface area contributed by atoms with E-state index in [0.29, 0.717) is 10.8 Å². The van der Waals surface area contributed by atoms with Crippen LogP contribution in [0.15, 0.2) is 18.2 Å². The Morgan fingerprint density at radius 2 is 1.86 bits per heavy atom. The van der Waals surface area contributed by atoms with Crippen molar-refractivity contribution in [2.75, 3.05) is 0 Å². The number of carbonyl (C=O) groups excluding carboxylic acids is 1. The van der Waals surface area contributed by atoms with Gasteiger partial charge in [0.15, 0.2) is 6.10 Å². The average Bonchev–Trinajstić information content (AvgIpc) is 2.37. The molecule has 0 bridgehead atoms. The molecule has 0 heterocycles. The maximum atomic E-state index is 12.0. The van der Waals surface area contributed by atoms with Gasteiger partial charge in [0.05, 0.1) is 5.02 Å². The molecule has 1 amide bonds. The number of benzene rings is 1. The first-order chi connectivity index (χ1) is 9.72. The number of carboxylic acids is 1. The Hall–Kier alpha value is -1.46. The minimum atomic E-state index is -1.09. The number of hydrogen-bond donors (Lipinski definition) is 2. The van der Waals surface area contributed by atoms with Gasteiger partial charge in [-0.1, -0.05) is 37.0 Å². The van der Waals surface area contributed by atoms with Gasteiger partial charge in [0.1, 0.15) is 11.8 Å². The molecule has 1 rings (SSSR count). The van der Waals surface area contributed by atoms with Crippen LogP contribution >= 0.6 is 23.2 Å². The fraction of sp³-hybridized carbons (Fsp3) is 0.429. The molecular weight excluding hydrogens is 317 g/mol. The zero-order valence-corrected chi connectivity index (χ0v) is 13.4. The van der Waals surface area contributed by atoms with Gasteiger partial charge < -0.3 is 15.2 Å². The third kappa shape index (κ3) is 5.10. The largest absolute Gasteiger partial charge is 0.480 e. The van der Waals surface area contributed by atoms with Gasteiger partial charge in [-0.3, -0.25) is 4.79 Å². The van der Waals surface area contributed by atoms with Crippen LogP contribution in [-0.2, 0) is 9.59 Å². The van der Waals surface area contributed by atoms with Crippen LogP contribution in [-0.4, -0.2) is 29.1 Å². The fourth-order valence-electron chi connectivity index (χ4n) is 1.60. The van der Waals surface area contributed by atoms with Gasteiger partial charge >= 0.3 is 5.97 Å². The van der Waals surface area contributed by atoms with E-state index in [9.17, 15) is 9.59 Å². The van der Waals surface area contributed by atoms with Crippen LogP contribution < -0.4 is 10.1 Å². The summed E-state index contributed by atoms with van der Waals surface area (Å²) in [7, 11) is 0. The number of ether oxygens (including phenoxy) is 1. The summed E-state index contributed by atoms with van der Waals surface area (Å²) in [4.78, 5) is 23.0. The van der Waals surface area contributed by atoms with E-state index >= 15 is 0 Å². The number of amides is 1. The highest BCUT2D eigenvalue weighted by Crippen LogP contribution is 2.28. The minimum absolute atomic E-state index is 0.238. The second-order valence-electron chi connectivity index (χ2n) is 4.90. The molecule has 2 atom stereocenters. The first kappa shape index (κ1) is 17.6. The van der Waals surface area contributed by atoms with Gasteiger partial charge in [-0.25, -0.2) is 4.79 Å². The minimum Gasteiger partial charge on any atom is -0.480 e. The van der Waals surface area contributed by atoms with E-state index in [4.69, 9.17) is 33.0 Å². The maximum Gasteiger partial charge on any atom is 0.326 e. The number of aliphatic carboxylic acids is 1. The van der Waals surface area contributed by atoms with Gasteiger partial charge in [-0.2, -0.15) is 0 Å². The molecule has 0 fully saturated rings. The van der Waals surface area contributed by atoms with E-state index in [-0.39, 0.29) is 10.9 Å². The van der Waals surface area contributed by atoms with Crippen molar-refractivity contribution in [3.63, 3.8) is 0 Å². The maximum absolute atomic E-state index is 12.0. The van der Waals surface area contributed by atoms with Crippen molar-refractivity contribution in [1.29, 1.82) is 0 Å². The molecule has 116 valence electrons. The lowest BCUT2D eigenvalue weighted by Gasteiger charge is -2.21. The van der Waals surface area contributed by atoms with Crippen LogP contribution in [0.3, 0.4) is 0 Å². The summed E-state index contributed by atoms with van der Waals surface area (Å²) in [5, 5.41) is 12.2. The fourth-order valence-corrected chi connectivity index (χ4v) is 2.05. The molecule has 5 nitrogen and oxygen atoms in total. The second kappa shape index (κ2) is 7.52. The number of halogens is 2. The van der Waals surface area contributed by atoms with Crippen LogP contribution in [0.2, 0.25) is 10.0 Å². The lowest BCUT2D eigenvalue weighted by Crippen LogP contribution is -2.48. The molecule has 1 unspecified atom stereocenters. The van der Waals surface area contributed by atoms with Crippen molar-refractivity contribution in [2.24, 2.45) is 5.92 Å². The summed E-state index contributed by atoms with van der Waals surface area (Å²) in [6, 6.07) is 3.66. The number of hydrogen-bond acceptors (Lipinski definition) is 3. The second-order valence-corrected chi connectivity index (χ2v) is 5.75. The van der Waals surface area contributed by atoms with E-state index in [1.165, 1.54) is 13.0 Å². The lowest BCUT2D eigenvalue weighted by atomic mass is 10.0. The van der Waals surface area contributed by atoms with E-state index < -0.39 is 24.0 Å². The first-order valence-electron chi connectivity index (χ1n) is 6.37. The lowest BCUT2D eigenvalue weighted by molar-refractivity contribution is -0.144. The van der Waals surface area contributed by atoms with E-state index in [1.54, 1.807) is 26.0 Å². The van der Waals surface area contributed by atoms with Crippen molar-refractivity contribution >= 4 is 35.1 Å². The van der Waals surface area contributed by atoms with Gasteiger partial charge in [0.2, 0.25) is 0 Å². The molecule has 0 aliphatic rings. The number of carbonyl (C=O) groups is 2. The molecule has 21 heavy (non-hydrogen) atoms. The van der Waals surface area contributed by atoms with Crippen molar-refractivity contribution in [2.45, 2.75) is 32.9 Å². The first-order valence-corrected chi connectivity index (χ1v) is 7.13. The van der Waals surface area contributed by atoms with E-state index in [2.05, 4.69) is 5.32 Å². The Balaban J connectivity index is 2.72. The molecule has 0 saturated heterocycles. The molecular formula is C14H17Cl2NO4. The number of carboxylic acid groups (broad SMARTS) is 1. The predicted molar refractivity (Wildman–Crippen MR) is 81.0 cm³/mol. The zero-order chi connectivity index (χ0) is 16.2. The molecule has 2 N–H and O–H groups in total. The molecule has 1 aromatic rings. The van der Waals surface area contributed by atoms with Crippen LogP contribution in [0.1, 0.15) is 20.8 Å². The van der Waals surface area contributed by atoms with E-state index in [1.807, 2.05) is 0 Å². The topological polar surface area (TPSA) is 75.6 Å². The number of rotatable bonds is 6. The average molecular weight is 334 g/mol. The highest BCUT2D eigenvalue weighted by atomic mass is 35.5. The quantitative estimate of drug-likeness (QED) is 0.839. The highest BCUT2D eigenvalue weighted by molar-refractivity contribution is 6.35. The summed E-state index contributed by atoms with van der Waals surface area (Å²) in [5.41, 5.74) is 0. The Kier molecular flexibility index (Phi) is 6.30. The van der Waals surface area contributed by atoms with Crippen molar-refractivity contribution < 1.29 is 19.4 Å². The predicted octanol–water partition coefficient (Wildman–Crippen LogP) is 2.99. The number of nitrogens with one attached hydrogen (secondary N) is 1. The summed E-state index contributed by atoms with van der Waals surface area (Å²) in [5.74, 6) is -1.55. The van der Waals surface area contributed by atoms with Crippen molar-refractivity contribution in [3.05, 3.63) is 28.2 Å². The van der Waals surface area contributed by atoms with Crippen LogP contribution in [0, 0.1) is 5.92 Å². The third-order valence-corrected chi connectivity index (χ3v) is 3.33. The Morgan fingerprint density at radius 1 is 1.24 bits per heavy atom. The highest BCUT2D eigenvalue weighted by Gasteiger charge is 2.26. The van der Waals surface area contributed by atoms with Crippen molar-refractivity contribution in [3.8, 4) is 5.75 Å². The molecule has 7 heteroatoms. The Morgan fingerprint density at radius 3 is 2.33 bits per heavy atom. The Bertz CT molecular complexity index is 534. The van der Waals surface area contributed by atoms with Gasteiger partial charge in [0, 0.05) is 5.02 Å². The summed E-state index contributed by atoms with van der Waals surface area (Å²) < 4.78 is 5.43. The molecule has 0 radical (unpaired) electrons. The zero-order valence-electron chi connectivity index (χ0n) is 11.9. The smallest absolute Gasteiger partial charge is 0.326 e. The SMILES string of the molecule is CC(Oc1ccc(Cl)cc1Cl)C(=O)N[C@H](C(=O)O)C(C)C. The van der Waals surface area contributed by atoms with E-state index in [0.717, 1.165) is 0 Å². The normalized spacial score (nSPS) is 13.6. The standard InChI is InChI=1S/C14H17Cl2NO4/c1-7(2)12(14(19)20)17-13(18)8(3)21-11-5-4-9(15)6-10(11)16/h4-8,12H,1-3H3,(H,17,18)(H,19,20)/t8?,12-/m0/s1. The molecule has 0 saturated carbocycles. The molecule has 0 aromatic heterocycles. The van der Waals surface area contributed by atoms with Gasteiger partial charge in [-0.15, -0.1) is 0 Å². The van der Waals surface area contributed by atoms with Crippen LogP contribution in [0.5, 0.6) is 5.75 Å². The van der Waals surface area contributed by atoms with Crippen LogP contribution in [0.25, 0.3) is 0 Å². The monoisotopic (exact) mass is 333 g/mol. The molecule has 0 aliphatic carbocycles. The summed E-state index contributed by atoms with van der Waals surface area (Å²) >= 11 is 11.7. The molecule has 0 spiro atoms. The van der Waals surface area contributed by atoms with Gasteiger partial charge in [0.25, 0.3) is 5.91 Å². The third-order valence-electron chi connectivity index (χ3n) is 2.80. The Labute approximate surface area is 133 Å². The van der Waals surface area contributed by atoms with Crippen molar-refractivity contribution in [1.82, 2.24) is 5.32 Å². The molecule has 1 aromatic carbocycles.